The van der Waals surface area contributed by atoms with Crippen LogP contribution in [0.15, 0.2) is 21.3 Å². The Morgan fingerprint density at radius 3 is 2.71 bits per heavy atom. The van der Waals surface area contributed by atoms with E-state index in [0.717, 1.165) is 17.4 Å². The fraction of sp³-hybridized carbons (Fsp3) is 0.615. The monoisotopic (exact) mass is 330 g/mol. The molecule has 0 aliphatic carbocycles. The third kappa shape index (κ3) is 3.75. The second-order valence-corrected chi connectivity index (χ2v) is 8.23. The third-order valence-electron chi connectivity index (χ3n) is 3.27. The van der Waals surface area contributed by atoms with Gasteiger partial charge >= 0.3 is 0 Å². The summed E-state index contributed by atoms with van der Waals surface area (Å²) in [5, 5.41) is 6.41. The molecule has 118 valence electrons. The van der Waals surface area contributed by atoms with Gasteiger partial charge in [-0.05, 0) is 19.1 Å². The molecule has 2 rings (SSSR count). The van der Waals surface area contributed by atoms with E-state index >= 15 is 0 Å². The van der Waals surface area contributed by atoms with Crippen LogP contribution in [0.4, 0.5) is 0 Å². The van der Waals surface area contributed by atoms with Crippen LogP contribution in [0.25, 0.3) is 0 Å². The van der Waals surface area contributed by atoms with Gasteiger partial charge in [-0.2, -0.15) is 4.31 Å². The van der Waals surface area contributed by atoms with Crippen molar-refractivity contribution >= 4 is 27.3 Å². The third-order valence-corrected chi connectivity index (χ3v) is 6.88. The molecule has 1 aromatic rings. The average Bonchev–Trinajstić information content (AvgIpc) is 3.06. The molecule has 1 aromatic heterocycles. The SMILES string of the molecule is CCN(CC)S(=O)(=O)c1ccc(CNC2=NCC(C)N2)s1. The summed E-state index contributed by atoms with van der Waals surface area (Å²) in [7, 11) is -3.35. The van der Waals surface area contributed by atoms with Crippen molar-refractivity contribution in [2.24, 2.45) is 4.99 Å². The highest BCUT2D eigenvalue weighted by Gasteiger charge is 2.23. The van der Waals surface area contributed by atoms with Crippen molar-refractivity contribution in [2.45, 2.75) is 37.6 Å². The van der Waals surface area contributed by atoms with Crippen molar-refractivity contribution in [1.82, 2.24) is 14.9 Å². The zero-order valence-corrected chi connectivity index (χ0v) is 14.2. The molecule has 1 aliphatic heterocycles. The van der Waals surface area contributed by atoms with Crippen LogP contribution in [0.2, 0.25) is 0 Å². The molecule has 0 bridgehead atoms. The Bertz CT molecular complexity index is 605. The lowest BCUT2D eigenvalue weighted by atomic mass is 10.4. The topological polar surface area (TPSA) is 73.8 Å². The zero-order valence-electron chi connectivity index (χ0n) is 12.6. The minimum atomic E-state index is -3.35. The minimum Gasteiger partial charge on any atom is -0.352 e. The van der Waals surface area contributed by atoms with Crippen molar-refractivity contribution in [3.05, 3.63) is 17.0 Å². The highest BCUT2D eigenvalue weighted by Crippen LogP contribution is 2.24. The Hall–Kier alpha value is -1.12. The van der Waals surface area contributed by atoms with Crippen molar-refractivity contribution in [3.8, 4) is 0 Å². The molecule has 2 N–H and O–H groups in total. The lowest BCUT2D eigenvalue weighted by Gasteiger charge is -2.16. The smallest absolute Gasteiger partial charge is 0.252 e. The molecule has 6 nitrogen and oxygen atoms in total. The van der Waals surface area contributed by atoms with Crippen LogP contribution in [0, 0.1) is 0 Å². The van der Waals surface area contributed by atoms with E-state index in [0.29, 0.717) is 29.9 Å². The molecule has 0 fully saturated rings. The maximum atomic E-state index is 12.4. The molecule has 0 radical (unpaired) electrons. The standard InChI is InChI=1S/C13H22N4O2S2/c1-4-17(5-2)21(18,19)12-7-6-11(20-12)9-15-13-14-8-10(3)16-13/h6-7,10H,4-5,8-9H2,1-3H3,(H2,14,15,16). The van der Waals surface area contributed by atoms with Crippen LogP contribution in [0.5, 0.6) is 0 Å². The van der Waals surface area contributed by atoms with E-state index in [2.05, 4.69) is 22.5 Å². The molecule has 1 unspecified atom stereocenters. The number of nitrogens with zero attached hydrogens (tertiary/aromatic N) is 2. The summed E-state index contributed by atoms with van der Waals surface area (Å²) in [6.07, 6.45) is 0. The number of sulfonamides is 1. The van der Waals surface area contributed by atoms with Crippen LogP contribution in [-0.4, -0.2) is 44.4 Å². The van der Waals surface area contributed by atoms with E-state index in [1.165, 1.54) is 15.6 Å². The molecule has 0 amide bonds. The Labute approximate surface area is 130 Å². The molecule has 1 aliphatic rings. The predicted molar refractivity (Wildman–Crippen MR) is 86.2 cm³/mol. The van der Waals surface area contributed by atoms with Gasteiger partial charge in [-0.3, -0.25) is 4.99 Å². The number of thiophene rings is 1. The van der Waals surface area contributed by atoms with Crippen LogP contribution < -0.4 is 10.6 Å². The lowest BCUT2D eigenvalue weighted by Crippen LogP contribution is -2.36. The van der Waals surface area contributed by atoms with Gasteiger partial charge in [0.1, 0.15) is 4.21 Å². The first-order valence-electron chi connectivity index (χ1n) is 7.11. The highest BCUT2D eigenvalue weighted by molar-refractivity contribution is 7.91. The van der Waals surface area contributed by atoms with Crippen molar-refractivity contribution in [3.63, 3.8) is 0 Å². The minimum absolute atomic E-state index is 0.356. The van der Waals surface area contributed by atoms with Gasteiger partial charge in [0.2, 0.25) is 0 Å². The number of hydrogen-bond acceptors (Lipinski definition) is 6. The molecule has 0 aromatic carbocycles. The molecule has 8 heteroatoms. The fourth-order valence-corrected chi connectivity index (χ4v) is 5.02. The van der Waals surface area contributed by atoms with E-state index in [4.69, 9.17) is 0 Å². The summed E-state index contributed by atoms with van der Waals surface area (Å²) < 4.78 is 26.7. The van der Waals surface area contributed by atoms with Crippen molar-refractivity contribution in [2.75, 3.05) is 19.6 Å². The first kappa shape index (κ1) is 16.3. The van der Waals surface area contributed by atoms with E-state index < -0.39 is 10.0 Å². The second kappa shape index (κ2) is 6.76. The van der Waals surface area contributed by atoms with E-state index in [1.807, 2.05) is 19.9 Å². The molecule has 0 spiro atoms. The molecule has 0 saturated carbocycles. The first-order chi connectivity index (χ1) is 9.97. The number of hydrogen-bond donors (Lipinski definition) is 2. The Balaban J connectivity index is 2.01. The molecular weight excluding hydrogens is 308 g/mol. The molecule has 21 heavy (non-hydrogen) atoms. The van der Waals surface area contributed by atoms with Gasteiger partial charge in [0, 0.05) is 24.0 Å². The van der Waals surface area contributed by atoms with Crippen LogP contribution in [0.1, 0.15) is 25.6 Å². The number of guanidine groups is 1. The lowest BCUT2D eigenvalue weighted by molar-refractivity contribution is 0.447. The Kier molecular flexibility index (Phi) is 5.23. The first-order valence-corrected chi connectivity index (χ1v) is 9.36. The summed E-state index contributed by atoms with van der Waals surface area (Å²) in [6, 6.07) is 3.89. The van der Waals surface area contributed by atoms with Gasteiger partial charge in [-0.15, -0.1) is 11.3 Å². The zero-order chi connectivity index (χ0) is 15.5. The largest absolute Gasteiger partial charge is 0.352 e. The summed E-state index contributed by atoms with van der Waals surface area (Å²) in [5.41, 5.74) is 0. The van der Waals surface area contributed by atoms with Crippen LogP contribution >= 0.6 is 11.3 Å². The van der Waals surface area contributed by atoms with Gasteiger partial charge in [-0.25, -0.2) is 8.42 Å². The summed E-state index contributed by atoms with van der Waals surface area (Å²) in [6.45, 7) is 8.10. The average molecular weight is 330 g/mol. The summed E-state index contributed by atoms with van der Waals surface area (Å²) in [5.74, 6) is 0.782. The molecule has 1 atom stereocenters. The Morgan fingerprint density at radius 1 is 1.43 bits per heavy atom. The van der Waals surface area contributed by atoms with Crippen molar-refractivity contribution in [1.29, 1.82) is 0 Å². The van der Waals surface area contributed by atoms with Gasteiger partial charge in [0.25, 0.3) is 10.0 Å². The molecular formula is C13H22N4O2S2. The number of rotatable bonds is 6. The summed E-state index contributed by atoms with van der Waals surface area (Å²) in [4.78, 5) is 5.29. The maximum Gasteiger partial charge on any atom is 0.252 e. The van der Waals surface area contributed by atoms with Gasteiger partial charge in [-0.1, -0.05) is 13.8 Å². The fourth-order valence-electron chi connectivity index (χ4n) is 2.11. The second-order valence-electron chi connectivity index (χ2n) is 4.90. The van der Waals surface area contributed by atoms with Gasteiger partial charge < -0.3 is 10.6 Å². The normalized spacial score (nSPS) is 18.7. The van der Waals surface area contributed by atoms with Gasteiger partial charge in [0.05, 0.1) is 13.1 Å². The summed E-state index contributed by atoms with van der Waals surface area (Å²) >= 11 is 1.31. The predicted octanol–water partition coefficient (Wildman–Crippen LogP) is 1.22. The number of aliphatic imine (C=N–C) groups is 1. The van der Waals surface area contributed by atoms with Crippen LogP contribution in [0.3, 0.4) is 0 Å². The van der Waals surface area contributed by atoms with E-state index in [-0.39, 0.29) is 0 Å². The maximum absolute atomic E-state index is 12.4. The Morgan fingerprint density at radius 2 is 2.14 bits per heavy atom. The highest BCUT2D eigenvalue weighted by atomic mass is 32.2. The van der Waals surface area contributed by atoms with Crippen molar-refractivity contribution < 1.29 is 8.42 Å². The quantitative estimate of drug-likeness (QED) is 0.822. The van der Waals surface area contributed by atoms with Crippen LogP contribution in [-0.2, 0) is 16.6 Å². The van der Waals surface area contributed by atoms with E-state index in [9.17, 15) is 8.42 Å². The van der Waals surface area contributed by atoms with Gasteiger partial charge in [0.15, 0.2) is 5.96 Å². The molecule has 2 heterocycles. The molecule has 0 saturated heterocycles. The van der Waals surface area contributed by atoms with E-state index in [1.54, 1.807) is 6.07 Å². The number of nitrogens with one attached hydrogen (secondary N) is 2.